The molecule has 2 N–H and O–H groups in total. The number of carbonyl (C=O) groups is 2. The monoisotopic (exact) mass is 408 g/mol. The molecule has 0 saturated heterocycles. The number of benzene rings is 2. The highest BCUT2D eigenvalue weighted by atomic mass is 79.9. The highest BCUT2D eigenvalue weighted by Gasteiger charge is 2.08. The largest absolute Gasteiger partial charge is 0.354 e. The number of hydrogen-bond acceptors (Lipinski definition) is 2. The van der Waals surface area contributed by atoms with Crippen molar-refractivity contribution in [1.29, 1.82) is 0 Å². The summed E-state index contributed by atoms with van der Waals surface area (Å²) in [5.74, 6) is -0.210. The molecule has 0 radical (unpaired) electrons. The van der Waals surface area contributed by atoms with E-state index in [-0.39, 0.29) is 11.8 Å². The summed E-state index contributed by atoms with van der Waals surface area (Å²) in [5.41, 5.74) is 1.64. The van der Waals surface area contributed by atoms with Crippen LogP contribution < -0.4 is 10.6 Å². The van der Waals surface area contributed by atoms with Crippen molar-refractivity contribution in [2.24, 2.45) is 0 Å². The van der Waals surface area contributed by atoms with E-state index in [1.54, 1.807) is 12.1 Å². The van der Waals surface area contributed by atoms with Crippen LogP contribution in [0.4, 0.5) is 0 Å². The second-order valence-corrected chi connectivity index (χ2v) is 6.50. The molecule has 0 fully saturated rings. The lowest BCUT2D eigenvalue weighted by Crippen LogP contribution is -2.34. The molecule has 4 nitrogen and oxygen atoms in total. The molecule has 0 unspecified atom stereocenters. The Morgan fingerprint density at radius 3 is 2.33 bits per heavy atom. The predicted molar refractivity (Wildman–Crippen MR) is 99.3 cm³/mol. The zero-order valence-corrected chi connectivity index (χ0v) is 15.4. The number of rotatable bonds is 7. The van der Waals surface area contributed by atoms with Gasteiger partial charge in [0.1, 0.15) is 0 Å². The van der Waals surface area contributed by atoms with Gasteiger partial charge in [-0.25, -0.2) is 0 Å². The molecule has 2 rings (SSSR count). The van der Waals surface area contributed by atoms with Gasteiger partial charge in [-0.1, -0.05) is 35.9 Å². The van der Waals surface area contributed by atoms with Crippen molar-refractivity contribution in [1.82, 2.24) is 10.6 Å². The maximum Gasteiger partial charge on any atom is 0.252 e. The van der Waals surface area contributed by atoms with E-state index in [4.69, 9.17) is 11.6 Å². The van der Waals surface area contributed by atoms with Crippen LogP contribution in [0.25, 0.3) is 0 Å². The second kappa shape index (κ2) is 9.45. The van der Waals surface area contributed by atoms with Gasteiger partial charge in [-0.05, 0) is 52.2 Å². The van der Waals surface area contributed by atoms with Gasteiger partial charge < -0.3 is 10.6 Å². The van der Waals surface area contributed by atoms with Crippen LogP contribution in [0.2, 0.25) is 5.02 Å². The maximum absolute atomic E-state index is 12.0. The van der Waals surface area contributed by atoms with Crippen LogP contribution >= 0.6 is 27.5 Å². The summed E-state index contributed by atoms with van der Waals surface area (Å²) in [5, 5.41) is 6.26. The zero-order valence-electron chi connectivity index (χ0n) is 13.0. The van der Waals surface area contributed by atoms with E-state index >= 15 is 0 Å². The molecular weight excluding hydrogens is 392 g/mol. The van der Waals surface area contributed by atoms with Gasteiger partial charge in [0.05, 0.1) is 5.56 Å². The molecule has 0 aliphatic heterocycles. The first-order chi connectivity index (χ1) is 11.6. The molecule has 2 aromatic carbocycles. The standard InChI is InChI=1S/C18H18BrClN2O2/c19-16-4-2-1-3-15(16)18(24)22-12-11-21-17(23)10-7-13-5-8-14(20)9-6-13/h1-6,8-9H,7,10-12H2,(H,21,23)(H,22,24). The normalized spacial score (nSPS) is 10.2. The first kappa shape index (κ1) is 18.5. The summed E-state index contributed by atoms with van der Waals surface area (Å²) >= 11 is 9.16. The number of hydrogen-bond donors (Lipinski definition) is 2. The van der Waals surface area contributed by atoms with E-state index in [2.05, 4.69) is 26.6 Å². The van der Waals surface area contributed by atoms with E-state index in [0.717, 1.165) is 10.0 Å². The molecule has 2 aromatic rings. The van der Waals surface area contributed by atoms with Crippen LogP contribution in [0.1, 0.15) is 22.3 Å². The zero-order chi connectivity index (χ0) is 17.4. The average molecular weight is 410 g/mol. The highest BCUT2D eigenvalue weighted by molar-refractivity contribution is 9.10. The van der Waals surface area contributed by atoms with Crippen molar-refractivity contribution in [3.05, 3.63) is 69.2 Å². The van der Waals surface area contributed by atoms with Crippen LogP contribution in [0.15, 0.2) is 53.0 Å². The molecule has 0 spiro atoms. The number of amides is 2. The molecule has 2 amide bonds. The molecule has 0 heterocycles. The Bertz CT molecular complexity index is 704. The molecule has 0 saturated carbocycles. The van der Waals surface area contributed by atoms with E-state index in [1.165, 1.54) is 0 Å². The van der Waals surface area contributed by atoms with Crippen molar-refractivity contribution in [3.8, 4) is 0 Å². The van der Waals surface area contributed by atoms with Crippen molar-refractivity contribution >= 4 is 39.3 Å². The van der Waals surface area contributed by atoms with Gasteiger partial charge in [0.15, 0.2) is 0 Å². The third-order valence-corrected chi connectivity index (χ3v) is 4.35. The van der Waals surface area contributed by atoms with Gasteiger partial charge in [0.2, 0.25) is 5.91 Å². The summed E-state index contributed by atoms with van der Waals surface area (Å²) < 4.78 is 0.745. The number of carbonyl (C=O) groups excluding carboxylic acids is 2. The van der Waals surface area contributed by atoms with Crippen molar-refractivity contribution in [2.45, 2.75) is 12.8 Å². The summed E-state index contributed by atoms with van der Waals surface area (Å²) in [6.45, 7) is 0.780. The summed E-state index contributed by atoms with van der Waals surface area (Å²) in [7, 11) is 0. The van der Waals surface area contributed by atoms with Gasteiger partial charge in [0, 0.05) is 29.0 Å². The van der Waals surface area contributed by atoms with Crippen molar-refractivity contribution < 1.29 is 9.59 Å². The molecule has 126 valence electrons. The molecule has 0 bridgehead atoms. The Labute approximate surface area is 154 Å². The maximum atomic E-state index is 12.0. The Morgan fingerprint density at radius 1 is 0.958 bits per heavy atom. The average Bonchev–Trinajstić information content (AvgIpc) is 2.58. The van der Waals surface area contributed by atoms with Gasteiger partial charge in [-0.15, -0.1) is 0 Å². The second-order valence-electron chi connectivity index (χ2n) is 5.21. The summed E-state index contributed by atoms with van der Waals surface area (Å²) in [6.07, 6.45) is 1.06. The van der Waals surface area contributed by atoms with E-state index in [1.807, 2.05) is 36.4 Å². The minimum atomic E-state index is -0.169. The lowest BCUT2D eigenvalue weighted by atomic mass is 10.1. The van der Waals surface area contributed by atoms with Crippen LogP contribution in [-0.4, -0.2) is 24.9 Å². The predicted octanol–water partition coefficient (Wildman–Crippen LogP) is 3.58. The first-order valence-electron chi connectivity index (χ1n) is 7.60. The smallest absolute Gasteiger partial charge is 0.252 e. The van der Waals surface area contributed by atoms with Crippen molar-refractivity contribution in [3.63, 3.8) is 0 Å². The molecule has 6 heteroatoms. The van der Waals surface area contributed by atoms with Gasteiger partial charge in [-0.3, -0.25) is 9.59 Å². The molecule has 0 aromatic heterocycles. The van der Waals surface area contributed by atoms with Crippen LogP contribution in [0.3, 0.4) is 0 Å². The van der Waals surface area contributed by atoms with Gasteiger partial charge in [0.25, 0.3) is 5.91 Å². The minimum absolute atomic E-state index is 0.0416. The third-order valence-electron chi connectivity index (χ3n) is 3.41. The van der Waals surface area contributed by atoms with Gasteiger partial charge >= 0.3 is 0 Å². The molecule has 24 heavy (non-hydrogen) atoms. The minimum Gasteiger partial charge on any atom is -0.354 e. The topological polar surface area (TPSA) is 58.2 Å². The number of aryl methyl sites for hydroxylation is 1. The Balaban J connectivity index is 1.65. The van der Waals surface area contributed by atoms with Crippen LogP contribution in [0, 0.1) is 0 Å². The quantitative estimate of drug-likeness (QED) is 0.687. The Kier molecular flexibility index (Phi) is 7.28. The molecule has 0 aliphatic rings. The van der Waals surface area contributed by atoms with E-state index in [0.29, 0.717) is 36.5 Å². The van der Waals surface area contributed by atoms with Gasteiger partial charge in [-0.2, -0.15) is 0 Å². The SMILES string of the molecule is O=C(CCc1ccc(Cl)cc1)NCCNC(=O)c1ccccc1Br. The lowest BCUT2D eigenvalue weighted by Gasteiger charge is -2.08. The first-order valence-corrected chi connectivity index (χ1v) is 8.77. The molecular formula is C18H18BrClN2O2. The van der Waals surface area contributed by atoms with Crippen LogP contribution in [-0.2, 0) is 11.2 Å². The highest BCUT2D eigenvalue weighted by Crippen LogP contribution is 2.15. The lowest BCUT2D eigenvalue weighted by molar-refractivity contribution is -0.121. The van der Waals surface area contributed by atoms with Crippen molar-refractivity contribution in [2.75, 3.05) is 13.1 Å². The fraction of sp³-hybridized carbons (Fsp3) is 0.222. The summed E-state index contributed by atoms with van der Waals surface area (Å²) in [4.78, 5) is 23.8. The molecule has 0 aliphatic carbocycles. The third kappa shape index (κ3) is 5.98. The fourth-order valence-corrected chi connectivity index (χ4v) is 2.71. The molecule has 0 atom stereocenters. The van der Waals surface area contributed by atoms with Crippen LogP contribution in [0.5, 0.6) is 0 Å². The Hall–Kier alpha value is -1.85. The number of halogens is 2. The fourth-order valence-electron chi connectivity index (χ4n) is 2.12. The van der Waals surface area contributed by atoms with E-state index in [9.17, 15) is 9.59 Å². The Morgan fingerprint density at radius 2 is 1.62 bits per heavy atom. The van der Waals surface area contributed by atoms with E-state index < -0.39 is 0 Å². The number of nitrogens with one attached hydrogen (secondary N) is 2. The summed E-state index contributed by atoms with van der Waals surface area (Å²) in [6, 6.07) is 14.6.